The molecule has 0 radical (unpaired) electrons. The third-order valence-corrected chi connectivity index (χ3v) is 8.13. The number of phosphoric acid groups is 2. The Morgan fingerprint density at radius 2 is 1.69 bits per heavy atom. The van der Waals surface area contributed by atoms with Gasteiger partial charge in [-0.1, -0.05) is 0 Å². The molecule has 0 spiro atoms. The maximum atomic E-state index is 12.3. The minimum Gasteiger partial charge on any atom is -0.756 e. The van der Waals surface area contributed by atoms with Crippen LogP contribution in [0.3, 0.4) is 0 Å². The summed E-state index contributed by atoms with van der Waals surface area (Å²) >= 11 is 0. The van der Waals surface area contributed by atoms with E-state index in [1.165, 1.54) is 0 Å². The molecule has 24 heteroatoms. The largest absolute Gasteiger partial charge is 1.00 e. The summed E-state index contributed by atoms with van der Waals surface area (Å²) in [5.41, 5.74) is -1.81. The topological polar surface area (TPSA) is 312 Å². The molecular formula is C18H23N3Na2O17P2. The van der Waals surface area contributed by atoms with Gasteiger partial charge in [0.15, 0.2) is 12.5 Å². The normalized spacial score (nSPS) is 33.6. The van der Waals surface area contributed by atoms with Crippen molar-refractivity contribution in [2.45, 2.75) is 55.2 Å². The summed E-state index contributed by atoms with van der Waals surface area (Å²) in [5, 5.41) is 51.7. The molecule has 2 aliphatic rings. The Labute approximate surface area is 279 Å². The molecule has 2 unspecified atom stereocenters. The van der Waals surface area contributed by atoms with Gasteiger partial charge in [-0.05, 0) is 5.92 Å². The molecule has 42 heavy (non-hydrogen) atoms. The number of amides is 1. The molecule has 0 bridgehead atoms. The van der Waals surface area contributed by atoms with Crippen molar-refractivity contribution in [1.82, 2.24) is 14.9 Å². The standard InChI is InChI=1S/C18H25N3O17P2.2Na/c1-2-9(23)19-11-14(27)12(25)7(5-22)36-17(11)37-40(32,33)38-39(30,31)34-6-8-13(26)15(28)16(35-8)21-4-3-10(24)20-18(21)29;;/h1,3-4,7-8,11-17,22,25-28H,5-6H2,(H,19,23)(H,30,31)(H,32,33)(H,20,24,29);;/q;2*+1/p-2/t7-,8-,11-,12-,13-,14-,15-,16-,17-;;/m1../s1. The zero-order chi connectivity index (χ0) is 30.0. The number of hydrogen-bond acceptors (Lipinski definition) is 17. The fraction of sp³-hybridized carbons (Fsp3) is 0.611. The molecule has 1 aromatic heterocycles. The minimum atomic E-state index is -6.00. The summed E-state index contributed by atoms with van der Waals surface area (Å²) in [5.74, 6) is 0.370. The Morgan fingerprint density at radius 3 is 2.26 bits per heavy atom. The van der Waals surface area contributed by atoms with Crippen molar-refractivity contribution in [1.29, 1.82) is 0 Å². The van der Waals surface area contributed by atoms with Crippen molar-refractivity contribution in [3.05, 3.63) is 33.1 Å². The molecule has 11 atom stereocenters. The number of carbonyl (C=O) groups is 1. The van der Waals surface area contributed by atoms with Crippen molar-refractivity contribution < 1.29 is 131 Å². The molecule has 0 aromatic carbocycles. The Kier molecular flexibility index (Phi) is 15.4. The van der Waals surface area contributed by atoms with Crippen molar-refractivity contribution in [3.63, 3.8) is 0 Å². The van der Waals surface area contributed by atoms with Crippen LogP contribution in [0, 0.1) is 12.3 Å². The van der Waals surface area contributed by atoms with Gasteiger partial charge in [-0.2, -0.15) is 0 Å². The summed E-state index contributed by atoms with van der Waals surface area (Å²) in [7, 11) is -11.9. The van der Waals surface area contributed by atoms with E-state index in [2.05, 4.69) is 13.4 Å². The van der Waals surface area contributed by atoms with Gasteiger partial charge in [0.2, 0.25) is 0 Å². The smallest absolute Gasteiger partial charge is 0.756 e. The van der Waals surface area contributed by atoms with Crippen molar-refractivity contribution in [2.24, 2.45) is 0 Å². The van der Waals surface area contributed by atoms with Gasteiger partial charge >= 0.3 is 64.8 Å². The maximum Gasteiger partial charge on any atom is 1.00 e. The predicted octanol–water partition coefficient (Wildman–Crippen LogP) is -12.3. The molecule has 0 aliphatic carbocycles. The van der Waals surface area contributed by atoms with Gasteiger partial charge < -0.3 is 54.6 Å². The molecule has 224 valence electrons. The summed E-state index contributed by atoms with van der Waals surface area (Å²) in [6, 6.07) is -0.990. The number of phosphoric ester groups is 2. The van der Waals surface area contributed by atoms with Gasteiger partial charge in [0.05, 0.1) is 13.2 Å². The van der Waals surface area contributed by atoms with Crippen LogP contribution in [0.4, 0.5) is 0 Å². The van der Waals surface area contributed by atoms with Crippen LogP contribution < -0.4 is 85.5 Å². The van der Waals surface area contributed by atoms with E-state index in [9.17, 15) is 58.8 Å². The fourth-order valence-corrected chi connectivity index (χ4v) is 5.79. The number of aromatic amines is 1. The Hall–Kier alpha value is -0.310. The molecule has 7 N–H and O–H groups in total. The second kappa shape index (κ2) is 16.3. The number of rotatable bonds is 10. The molecule has 1 amide bonds. The number of aliphatic hydroxyl groups is 5. The Balaban J connectivity index is 0.00000441. The number of ether oxygens (including phenoxy) is 2. The first kappa shape index (κ1) is 39.7. The molecule has 2 fully saturated rings. The molecule has 2 saturated heterocycles. The second-order valence-corrected chi connectivity index (χ2v) is 11.2. The molecule has 20 nitrogen and oxygen atoms in total. The van der Waals surface area contributed by atoms with E-state index < -0.39 is 101 Å². The summed E-state index contributed by atoms with van der Waals surface area (Å²) in [6.07, 6.45) is -8.91. The maximum absolute atomic E-state index is 12.3. The number of H-pyrrole nitrogens is 1. The number of nitrogens with zero attached hydrogens (tertiary/aromatic N) is 1. The number of carbonyl (C=O) groups excluding carboxylic acids is 1. The van der Waals surface area contributed by atoms with E-state index in [-0.39, 0.29) is 59.1 Å². The Morgan fingerprint density at radius 1 is 1.07 bits per heavy atom. The number of aliphatic hydroxyl groups excluding tert-OH is 5. The van der Waals surface area contributed by atoms with Crippen LogP contribution in [0.25, 0.3) is 0 Å². The number of terminal acetylenes is 1. The van der Waals surface area contributed by atoms with Gasteiger partial charge in [0.25, 0.3) is 27.1 Å². The predicted molar refractivity (Wildman–Crippen MR) is 119 cm³/mol. The van der Waals surface area contributed by atoms with Crippen LogP contribution in [-0.2, 0) is 36.8 Å². The first-order valence-electron chi connectivity index (χ1n) is 11.0. The molecule has 3 heterocycles. The molecule has 2 aliphatic heterocycles. The second-order valence-electron chi connectivity index (χ2n) is 8.29. The van der Waals surface area contributed by atoms with E-state index in [0.717, 1.165) is 12.3 Å². The van der Waals surface area contributed by atoms with E-state index in [0.29, 0.717) is 4.57 Å². The average molecular weight is 661 g/mol. The van der Waals surface area contributed by atoms with Crippen LogP contribution in [0.2, 0.25) is 0 Å². The molecule has 3 rings (SSSR count). The summed E-state index contributed by atoms with van der Waals surface area (Å²) < 4.78 is 48.2. The van der Waals surface area contributed by atoms with Crippen LogP contribution in [0.5, 0.6) is 0 Å². The third kappa shape index (κ3) is 9.84. The fourth-order valence-electron chi connectivity index (χ4n) is 3.70. The molecule has 0 saturated carbocycles. The molecular weight excluding hydrogens is 638 g/mol. The zero-order valence-corrected chi connectivity index (χ0v) is 27.6. The van der Waals surface area contributed by atoms with Crippen LogP contribution in [-0.4, -0.2) is 103 Å². The van der Waals surface area contributed by atoms with E-state index in [1.54, 1.807) is 5.92 Å². The van der Waals surface area contributed by atoms with Crippen molar-refractivity contribution >= 4 is 21.6 Å². The zero-order valence-electron chi connectivity index (χ0n) is 21.8. The summed E-state index contributed by atoms with van der Waals surface area (Å²) in [4.78, 5) is 61.1. The van der Waals surface area contributed by atoms with E-state index in [4.69, 9.17) is 15.9 Å². The van der Waals surface area contributed by atoms with E-state index in [1.807, 2.05) is 10.3 Å². The van der Waals surface area contributed by atoms with Crippen molar-refractivity contribution in [2.75, 3.05) is 13.2 Å². The van der Waals surface area contributed by atoms with Crippen LogP contribution in [0.1, 0.15) is 6.23 Å². The van der Waals surface area contributed by atoms with Crippen molar-refractivity contribution in [3.8, 4) is 12.3 Å². The van der Waals surface area contributed by atoms with Crippen LogP contribution in [0.15, 0.2) is 21.9 Å². The first-order valence-corrected chi connectivity index (χ1v) is 13.9. The monoisotopic (exact) mass is 661 g/mol. The summed E-state index contributed by atoms with van der Waals surface area (Å²) in [6.45, 7) is -2.12. The van der Waals surface area contributed by atoms with Gasteiger partial charge in [-0.15, -0.1) is 6.42 Å². The van der Waals surface area contributed by atoms with Gasteiger partial charge in [0.1, 0.15) is 42.7 Å². The third-order valence-electron chi connectivity index (χ3n) is 5.60. The number of hydrogen-bond donors (Lipinski definition) is 7. The first-order chi connectivity index (χ1) is 18.6. The average Bonchev–Trinajstić information content (AvgIpc) is 3.14. The quantitative estimate of drug-likeness (QED) is 0.0695. The van der Waals surface area contributed by atoms with Gasteiger partial charge in [-0.3, -0.25) is 32.8 Å². The number of aromatic nitrogens is 2. The van der Waals surface area contributed by atoms with Gasteiger partial charge in [0, 0.05) is 12.3 Å². The SMILES string of the molecule is C#CC(=O)N[C@H]1[C@@H](OP(=O)([O-])OP(=O)([O-])OC[C@H]2O[C@@H](n3ccc(=O)[nH]c3=O)[C@H](O)[C@@H]2O)O[C@H](CO)[C@@H](O)[C@@H]1O.[Na+].[Na+]. The van der Waals surface area contributed by atoms with Gasteiger partial charge in [-0.25, -0.2) is 9.11 Å². The number of nitrogens with one attached hydrogen (secondary N) is 2. The minimum absolute atomic E-state index is 0. The van der Waals surface area contributed by atoms with Crippen LogP contribution >= 0.6 is 15.6 Å². The van der Waals surface area contributed by atoms with E-state index >= 15 is 0 Å². The molecule has 1 aromatic rings. The Bertz CT molecular complexity index is 1340.